The third-order valence-electron chi connectivity index (χ3n) is 2.85. The number of anilines is 1. The van der Waals surface area contributed by atoms with Crippen LogP contribution >= 0.6 is 27.5 Å². The van der Waals surface area contributed by atoms with Crippen molar-refractivity contribution in [3.63, 3.8) is 0 Å². The molecule has 0 aliphatic carbocycles. The highest BCUT2D eigenvalue weighted by molar-refractivity contribution is 9.10. The van der Waals surface area contributed by atoms with E-state index < -0.39 is 23.4 Å². The van der Waals surface area contributed by atoms with Gasteiger partial charge >= 0.3 is 5.97 Å². The monoisotopic (exact) mass is 412 g/mol. The number of nitro groups is 1. The van der Waals surface area contributed by atoms with Crippen molar-refractivity contribution in [1.29, 1.82) is 0 Å². The van der Waals surface area contributed by atoms with Gasteiger partial charge in [-0.05, 0) is 30.3 Å². The minimum Gasteiger partial charge on any atom is -0.452 e. The highest BCUT2D eigenvalue weighted by Gasteiger charge is 2.13. The van der Waals surface area contributed by atoms with E-state index in [9.17, 15) is 19.7 Å². The number of benzene rings is 2. The van der Waals surface area contributed by atoms with Gasteiger partial charge in [0.1, 0.15) is 0 Å². The average Bonchev–Trinajstić information content (AvgIpc) is 2.55. The van der Waals surface area contributed by atoms with Crippen molar-refractivity contribution < 1.29 is 19.2 Å². The number of carbonyl (C=O) groups excluding carboxylic acids is 2. The van der Waals surface area contributed by atoms with Crippen molar-refractivity contribution in [2.75, 3.05) is 11.9 Å². The summed E-state index contributed by atoms with van der Waals surface area (Å²) < 4.78 is 5.70. The van der Waals surface area contributed by atoms with Crippen molar-refractivity contribution in [2.24, 2.45) is 0 Å². The normalized spacial score (nSPS) is 10.1. The van der Waals surface area contributed by atoms with E-state index in [2.05, 4.69) is 21.2 Å². The number of rotatable bonds is 5. The highest BCUT2D eigenvalue weighted by Crippen LogP contribution is 2.26. The number of amides is 1. The predicted octanol–water partition coefficient (Wildman–Crippen LogP) is 3.81. The molecule has 0 spiro atoms. The molecule has 0 fully saturated rings. The molecule has 0 unspecified atom stereocenters. The van der Waals surface area contributed by atoms with Gasteiger partial charge in [0.2, 0.25) is 0 Å². The fourth-order valence-electron chi connectivity index (χ4n) is 1.71. The van der Waals surface area contributed by atoms with Gasteiger partial charge < -0.3 is 10.1 Å². The fourth-order valence-corrected chi connectivity index (χ4v) is 2.19. The molecule has 7 nitrogen and oxygen atoms in total. The van der Waals surface area contributed by atoms with Crippen LogP contribution in [0.25, 0.3) is 0 Å². The molecule has 0 heterocycles. The van der Waals surface area contributed by atoms with Crippen LogP contribution in [0.2, 0.25) is 5.02 Å². The Morgan fingerprint density at radius 3 is 2.46 bits per heavy atom. The summed E-state index contributed by atoms with van der Waals surface area (Å²) in [5.74, 6) is -1.26. The van der Waals surface area contributed by atoms with Gasteiger partial charge in [0, 0.05) is 16.6 Å². The molecule has 1 amide bonds. The summed E-state index contributed by atoms with van der Waals surface area (Å²) in [5, 5.41) is 13.0. The zero-order valence-electron chi connectivity index (χ0n) is 12.0. The van der Waals surface area contributed by atoms with Crippen molar-refractivity contribution in [3.8, 4) is 0 Å². The number of ether oxygens (including phenoxy) is 1. The molecule has 0 radical (unpaired) electrons. The smallest absolute Gasteiger partial charge is 0.338 e. The van der Waals surface area contributed by atoms with E-state index in [-0.39, 0.29) is 16.4 Å². The van der Waals surface area contributed by atoms with Crippen molar-refractivity contribution in [3.05, 3.63) is 67.6 Å². The third-order valence-corrected chi connectivity index (χ3v) is 3.69. The first-order valence-electron chi connectivity index (χ1n) is 6.53. The first-order chi connectivity index (χ1) is 11.4. The second kappa shape index (κ2) is 7.89. The van der Waals surface area contributed by atoms with Crippen LogP contribution in [0.1, 0.15) is 10.4 Å². The summed E-state index contributed by atoms with van der Waals surface area (Å²) >= 11 is 9.10. The maximum atomic E-state index is 11.8. The van der Waals surface area contributed by atoms with Crippen LogP contribution in [0.15, 0.2) is 46.9 Å². The molecular formula is C15H10BrClN2O5. The van der Waals surface area contributed by atoms with Gasteiger partial charge in [0.15, 0.2) is 6.61 Å². The summed E-state index contributed by atoms with van der Waals surface area (Å²) in [7, 11) is 0. The molecule has 2 aromatic carbocycles. The first-order valence-corrected chi connectivity index (χ1v) is 7.70. The van der Waals surface area contributed by atoms with Gasteiger partial charge in [-0.25, -0.2) is 4.79 Å². The number of nitrogens with one attached hydrogen (secondary N) is 1. The number of carbonyl (C=O) groups is 2. The molecule has 9 heteroatoms. The zero-order chi connectivity index (χ0) is 17.7. The second-order valence-corrected chi connectivity index (χ2v) is 5.88. The van der Waals surface area contributed by atoms with E-state index in [0.717, 1.165) is 10.5 Å². The molecule has 0 aliphatic rings. The van der Waals surface area contributed by atoms with Crippen LogP contribution in [0, 0.1) is 10.1 Å². The molecular weight excluding hydrogens is 404 g/mol. The Hall–Kier alpha value is -2.45. The lowest BCUT2D eigenvalue weighted by molar-refractivity contribution is -0.384. The molecule has 0 bridgehead atoms. The third kappa shape index (κ3) is 4.77. The van der Waals surface area contributed by atoms with E-state index in [0.29, 0.717) is 5.56 Å². The zero-order valence-corrected chi connectivity index (χ0v) is 14.3. The molecule has 0 atom stereocenters. The van der Waals surface area contributed by atoms with E-state index >= 15 is 0 Å². The number of nitro benzene ring substituents is 1. The molecule has 0 saturated heterocycles. The lowest BCUT2D eigenvalue weighted by Gasteiger charge is -2.08. The maximum absolute atomic E-state index is 11.8. The van der Waals surface area contributed by atoms with Crippen molar-refractivity contribution >= 4 is 50.8 Å². The van der Waals surface area contributed by atoms with Crippen LogP contribution in [-0.2, 0) is 9.53 Å². The average molecular weight is 414 g/mol. The van der Waals surface area contributed by atoms with Crippen molar-refractivity contribution in [2.45, 2.75) is 0 Å². The minimum absolute atomic E-state index is 0.0109. The molecule has 24 heavy (non-hydrogen) atoms. The molecule has 0 saturated carbocycles. The van der Waals surface area contributed by atoms with E-state index in [4.69, 9.17) is 16.3 Å². The Morgan fingerprint density at radius 2 is 1.88 bits per heavy atom. The number of hydrogen-bond donors (Lipinski definition) is 1. The Bertz CT molecular complexity index is 795. The number of non-ortho nitro benzene ring substituents is 1. The number of hydrogen-bond acceptors (Lipinski definition) is 5. The van der Waals surface area contributed by atoms with Gasteiger partial charge in [-0.1, -0.05) is 27.5 Å². The van der Waals surface area contributed by atoms with Gasteiger partial charge in [0.25, 0.3) is 11.6 Å². The first kappa shape index (κ1) is 17.9. The Balaban J connectivity index is 1.92. The largest absolute Gasteiger partial charge is 0.452 e. The van der Waals surface area contributed by atoms with Gasteiger partial charge in [-0.3, -0.25) is 14.9 Å². The summed E-state index contributed by atoms with van der Waals surface area (Å²) in [6.45, 7) is -0.512. The summed E-state index contributed by atoms with van der Waals surface area (Å²) in [5.41, 5.74) is 0.297. The van der Waals surface area contributed by atoms with Crippen molar-refractivity contribution in [1.82, 2.24) is 0 Å². The molecule has 124 valence electrons. The fraction of sp³-hybridized carbons (Fsp3) is 0.0667. The SMILES string of the molecule is O=C(COC(=O)c1ccc(Br)cc1)Nc1ccc([N+](=O)[O-])cc1Cl. The highest BCUT2D eigenvalue weighted by atomic mass is 79.9. The Labute approximate surface area is 149 Å². The minimum atomic E-state index is -0.646. The number of esters is 1. The lowest BCUT2D eigenvalue weighted by Crippen LogP contribution is -2.21. The summed E-state index contributed by atoms with van der Waals surface area (Å²) in [6.07, 6.45) is 0. The van der Waals surface area contributed by atoms with Crippen LogP contribution in [0.3, 0.4) is 0 Å². The van der Waals surface area contributed by atoms with Crippen LogP contribution < -0.4 is 5.32 Å². The quantitative estimate of drug-likeness (QED) is 0.456. The molecule has 2 aromatic rings. The van der Waals surface area contributed by atoms with Crippen LogP contribution in [0.5, 0.6) is 0 Å². The molecule has 0 aliphatic heterocycles. The summed E-state index contributed by atoms with van der Waals surface area (Å²) in [4.78, 5) is 33.6. The van der Waals surface area contributed by atoms with E-state index in [1.54, 1.807) is 24.3 Å². The Kier molecular flexibility index (Phi) is 5.88. The van der Waals surface area contributed by atoms with Gasteiger partial charge in [0.05, 0.1) is 21.2 Å². The maximum Gasteiger partial charge on any atom is 0.338 e. The standard InChI is InChI=1S/C15H10BrClN2O5/c16-10-3-1-9(2-4-10)15(21)24-8-14(20)18-13-6-5-11(19(22)23)7-12(13)17/h1-7H,8H2,(H,18,20). The number of nitrogens with zero attached hydrogens (tertiary/aromatic N) is 1. The predicted molar refractivity (Wildman–Crippen MR) is 91.2 cm³/mol. The van der Waals surface area contributed by atoms with Crippen LogP contribution in [-0.4, -0.2) is 23.4 Å². The van der Waals surface area contributed by atoms with Gasteiger partial charge in [-0.2, -0.15) is 0 Å². The topological polar surface area (TPSA) is 98.5 Å². The number of halogens is 2. The Morgan fingerprint density at radius 1 is 1.21 bits per heavy atom. The van der Waals surface area contributed by atoms with E-state index in [1.807, 2.05) is 0 Å². The van der Waals surface area contributed by atoms with E-state index in [1.165, 1.54) is 12.1 Å². The molecule has 2 rings (SSSR count). The van der Waals surface area contributed by atoms with Crippen LogP contribution in [0.4, 0.5) is 11.4 Å². The van der Waals surface area contributed by atoms with Gasteiger partial charge in [-0.15, -0.1) is 0 Å². The lowest BCUT2D eigenvalue weighted by atomic mass is 10.2. The molecule has 1 N–H and O–H groups in total. The molecule has 0 aromatic heterocycles. The summed E-state index contributed by atoms with van der Waals surface area (Å²) in [6, 6.07) is 10.1. The second-order valence-electron chi connectivity index (χ2n) is 4.55.